The fourth-order valence-electron chi connectivity index (χ4n) is 5.18. The van der Waals surface area contributed by atoms with Crippen LogP contribution in [0, 0.1) is 16.7 Å². The van der Waals surface area contributed by atoms with E-state index in [1.54, 1.807) is 24.3 Å². The van der Waals surface area contributed by atoms with E-state index in [4.69, 9.17) is 0 Å². The van der Waals surface area contributed by atoms with Crippen molar-refractivity contribution >= 4 is 22.5 Å². The Bertz CT molecular complexity index is 977. The first-order valence-corrected chi connectivity index (χ1v) is 10.9. The number of hydrogen-bond acceptors (Lipinski definition) is 3. The number of alkyl halides is 3. The van der Waals surface area contributed by atoms with E-state index in [9.17, 15) is 18.0 Å². The maximum atomic E-state index is 13.3. The highest BCUT2D eigenvalue weighted by Crippen LogP contribution is 2.68. The second kappa shape index (κ2) is 7.38. The van der Waals surface area contributed by atoms with Gasteiger partial charge >= 0.3 is 6.18 Å². The van der Waals surface area contributed by atoms with Crippen molar-refractivity contribution in [2.45, 2.75) is 71.6 Å². The normalized spacial score (nSPS) is 25.3. The number of hydrogen-bond donors (Lipinski definition) is 2. The number of anilines is 1. The van der Waals surface area contributed by atoms with Gasteiger partial charge in [0.05, 0.1) is 5.52 Å². The predicted molar refractivity (Wildman–Crippen MR) is 116 cm³/mol. The first kappa shape index (κ1) is 21.9. The lowest BCUT2D eigenvalue weighted by Crippen LogP contribution is -2.41. The molecule has 0 aliphatic heterocycles. The van der Waals surface area contributed by atoms with E-state index in [1.165, 1.54) is 0 Å². The number of carbonyl (C=O) groups is 1. The zero-order valence-electron chi connectivity index (χ0n) is 18.4. The third kappa shape index (κ3) is 3.99. The number of rotatable bonds is 4. The van der Waals surface area contributed by atoms with Crippen LogP contribution in [0.25, 0.3) is 10.9 Å². The third-order valence-corrected chi connectivity index (χ3v) is 7.72. The molecule has 2 aliphatic carbocycles. The Morgan fingerprint density at radius 2 is 1.58 bits per heavy atom. The fourth-order valence-corrected chi connectivity index (χ4v) is 5.18. The van der Waals surface area contributed by atoms with Gasteiger partial charge in [-0.05, 0) is 48.6 Å². The van der Waals surface area contributed by atoms with E-state index in [2.05, 4.69) is 43.3 Å². The fraction of sp³-hybridized carbons (Fsp3) is 0.583. The minimum atomic E-state index is -4.49. The van der Waals surface area contributed by atoms with Crippen molar-refractivity contribution in [2.75, 3.05) is 5.32 Å². The molecule has 1 amide bonds. The van der Waals surface area contributed by atoms with Gasteiger partial charge in [0.2, 0.25) is 5.91 Å². The smallest absolute Gasteiger partial charge is 0.382 e. The van der Waals surface area contributed by atoms with Crippen LogP contribution in [0.5, 0.6) is 0 Å². The Balaban J connectivity index is 1.40. The number of amides is 1. The van der Waals surface area contributed by atoms with Crippen molar-refractivity contribution in [1.29, 1.82) is 0 Å². The number of halogens is 3. The van der Waals surface area contributed by atoms with Crippen molar-refractivity contribution in [3.05, 3.63) is 36.0 Å². The summed E-state index contributed by atoms with van der Waals surface area (Å²) in [6, 6.07) is 8.17. The number of fused-ring (bicyclic) bond motifs is 1. The molecule has 2 saturated carbocycles. The zero-order chi connectivity index (χ0) is 22.6. The molecule has 31 heavy (non-hydrogen) atoms. The van der Waals surface area contributed by atoms with Crippen LogP contribution < -0.4 is 10.6 Å². The van der Waals surface area contributed by atoms with Gasteiger partial charge < -0.3 is 10.6 Å². The van der Waals surface area contributed by atoms with E-state index in [-0.39, 0.29) is 34.7 Å². The van der Waals surface area contributed by atoms with Crippen LogP contribution in [0.1, 0.15) is 59.1 Å². The van der Waals surface area contributed by atoms with Crippen LogP contribution in [0.2, 0.25) is 0 Å². The molecule has 2 aliphatic rings. The minimum Gasteiger partial charge on any atom is -0.382 e. The molecule has 0 spiro atoms. The highest BCUT2D eigenvalue weighted by molar-refractivity contribution is 5.91. The predicted octanol–water partition coefficient (Wildman–Crippen LogP) is 5.78. The third-order valence-electron chi connectivity index (χ3n) is 7.72. The molecule has 0 bridgehead atoms. The molecular formula is C24H30F3N3O. The topological polar surface area (TPSA) is 54.0 Å². The summed E-state index contributed by atoms with van der Waals surface area (Å²) in [7, 11) is 0. The molecule has 4 rings (SSSR count). The highest BCUT2D eigenvalue weighted by Gasteiger charge is 2.68. The Kier molecular flexibility index (Phi) is 5.22. The van der Waals surface area contributed by atoms with Gasteiger partial charge in [-0.25, -0.2) is 4.98 Å². The number of nitrogens with zero attached hydrogens (tertiary/aromatic N) is 1. The van der Waals surface area contributed by atoms with E-state index >= 15 is 0 Å². The molecule has 7 heteroatoms. The van der Waals surface area contributed by atoms with E-state index in [0.29, 0.717) is 16.6 Å². The lowest BCUT2D eigenvalue weighted by atomic mass is 9.90. The summed E-state index contributed by atoms with van der Waals surface area (Å²) in [5.41, 5.74) is -0.0743. The van der Waals surface area contributed by atoms with Gasteiger partial charge in [0, 0.05) is 29.1 Å². The van der Waals surface area contributed by atoms with Crippen molar-refractivity contribution in [1.82, 2.24) is 10.3 Å². The van der Waals surface area contributed by atoms with Crippen molar-refractivity contribution < 1.29 is 18.0 Å². The van der Waals surface area contributed by atoms with Gasteiger partial charge in [-0.1, -0.05) is 45.9 Å². The highest BCUT2D eigenvalue weighted by atomic mass is 19.4. The van der Waals surface area contributed by atoms with Crippen molar-refractivity contribution in [3.8, 4) is 0 Å². The Morgan fingerprint density at radius 3 is 2.16 bits per heavy atom. The second-order valence-corrected chi connectivity index (χ2v) is 10.1. The van der Waals surface area contributed by atoms with E-state index < -0.39 is 11.9 Å². The van der Waals surface area contributed by atoms with Crippen LogP contribution in [0.3, 0.4) is 0 Å². The number of benzene rings is 1. The Labute approximate surface area is 181 Å². The number of carbonyl (C=O) groups excluding carboxylic acids is 1. The van der Waals surface area contributed by atoms with Crippen LogP contribution in [-0.4, -0.2) is 23.0 Å². The van der Waals surface area contributed by atoms with E-state index in [0.717, 1.165) is 31.7 Å². The molecule has 2 N–H and O–H groups in total. The molecule has 0 unspecified atom stereocenters. The van der Waals surface area contributed by atoms with Gasteiger partial charge in [-0.15, -0.1) is 0 Å². The molecule has 2 fully saturated rings. The SMILES string of the molecule is CC1(C)C(C(=O)NC2CCC(Nc3cc(C(F)(F)F)nc4ccccc34)CC2)C1(C)C. The molecule has 4 nitrogen and oxygen atoms in total. The summed E-state index contributed by atoms with van der Waals surface area (Å²) in [5, 5.41) is 7.21. The van der Waals surface area contributed by atoms with Gasteiger partial charge in [0.25, 0.3) is 0 Å². The quantitative estimate of drug-likeness (QED) is 0.643. The van der Waals surface area contributed by atoms with Crippen LogP contribution in [-0.2, 0) is 11.0 Å². The standard InChI is InChI=1S/C24H30F3N3O/c1-22(2)20(23(22,3)4)21(31)29-15-11-9-14(10-12-15)28-18-13-19(24(25,26)27)30-17-8-6-5-7-16(17)18/h5-8,13-15,20H,9-12H2,1-4H3,(H,28,30)(H,29,31). The maximum absolute atomic E-state index is 13.3. The Morgan fingerprint density at radius 1 is 1.00 bits per heavy atom. The van der Waals surface area contributed by atoms with Crippen LogP contribution >= 0.6 is 0 Å². The molecule has 1 aromatic carbocycles. The minimum absolute atomic E-state index is 0.00837. The molecular weight excluding hydrogens is 403 g/mol. The number of para-hydroxylation sites is 1. The van der Waals surface area contributed by atoms with Gasteiger partial charge in [0.15, 0.2) is 0 Å². The Hall–Kier alpha value is -2.31. The number of pyridine rings is 1. The summed E-state index contributed by atoms with van der Waals surface area (Å²) in [6.07, 6.45) is -1.29. The molecule has 0 atom stereocenters. The molecule has 1 aromatic heterocycles. The lowest BCUT2D eigenvalue weighted by molar-refractivity contribution is -0.140. The summed E-state index contributed by atoms with van der Waals surface area (Å²) < 4.78 is 39.9. The molecule has 0 saturated heterocycles. The zero-order valence-corrected chi connectivity index (χ0v) is 18.4. The van der Waals surface area contributed by atoms with Crippen LogP contribution in [0.15, 0.2) is 30.3 Å². The maximum Gasteiger partial charge on any atom is 0.433 e. The summed E-state index contributed by atoms with van der Waals surface area (Å²) >= 11 is 0. The first-order valence-electron chi connectivity index (χ1n) is 10.9. The average molecular weight is 434 g/mol. The van der Waals surface area contributed by atoms with E-state index in [1.807, 2.05) is 0 Å². The van der Waals surface area contributed by atoms with Gasteiger partial charge in [-0.3, -0.25) is 4.79 Å². The summed E-state index contributed by atoms with van der Waals surface area (Å²) in [5.74, 6) is 0.154. The molecule has 1 heterocycles. The van der Waals surface area contributed by atoms with Gasteiger partial charge in [0.1, 0.15) is 5.69 Å². The number of nitrogens with one attached hydrogen (secondary N) is 2. The molecule has 0 radical (unpaired) electrons. The van der Waals surface area contributed by atoms with Gasteiger partial charge in [-0.2, -0.15) is 13.2 Å². The average Bonchev–Trinajstić information content (AvgIpc) is 3.11. The van der Waals surface area contributed by atoms with Crippen molar-refractivity contribution in [2.24, 2.45) is 16.7 Å². The van der Waals surface area contributed by atoms with Crippen molar-refractivity contribution in [3.63, 3.8) is 0 Å². The largest absolute Gasteiger partial charge is 0.433 e. The lowest BCUT2D eigenvalue weighted by Gasteiger charge is -2.31. The summed E-state index contributed by atoms with van der Waals surface area (Å²) in [6.45, 7) is 8.53. The monoisotopic (exact) mass is 433 g/mol. The number of aromatic nitrogens is 1. The first-order chi connectivity index (χ1) is 14.4. The second-order valence-electron chi connectivity index (χ2n) is 10.1. The molecule has 2 aromatic rings. The van der Waals surface area contributed by atoms with Crippen LogP contribution in [0.4, 0.5) is 18.9 Å². The summed E-state index contributed by atoms with van der Waals surface area (Å²) in [4.78, 5) is 16.5. The molecule has 168 valence electrons.